The van der Waals surface area contributed by atoms with Crippen LogP contribution in [0.2, 0.25) is 0 Å². The van der Waals surface area contributed by atoms with Gasteiger partial charge in [0.15, 0.2) is 0 Å². The van der Waals surface area contributed by atoms with Gasteiger partial charge in [0.1, 0.15) is 5.82 Å². The standard InChI is InChI=1S/C13H16N2O2.C9H9F.C3H9NS/c16-12(15-8-4-5-9-15)10-14-13(17)11-6-2-1-3-7-11;10-9-5-3-8(4-6-9)7-1-2-7;1-4-3-5-2/h1-3,6-7H,4-5,8-10H2,(H,14,17);3-7H,1-2H2;4H,3H2,1-2H3. The molecule has 1 aliphatic heterocycles. The number of thioether (sulfide) groups is 1. The van der Waals surface area contributed by atoms with Crippen molar-refractivity contribution in [1.29, 1.82) is 0 Å². The first-order valence-electron chi connectivity index (χ1n) is 11.0. The van der Waals surface area contributed by atoms with Crippen molar-refractivity contribution in [2.24, 2.45) is 0 Å². The second kappa shape index (κ2) is 14.6. The second-order valence-electron chi connectivity index (χ2n) is 7.75. The average Bonchev–Trinajstić information content (AvgIpc) is 3.52. The molecule has 2 amide bonds. The highest BCUT2D eigenvalue weighted by Gasteiger charge is 2.22. The van der Waals surface area contributed by atoms with Gasteiger partial charge in [0.05, 0.1) is 6.54 Å². The molecule has 7 heteroatoms. The molecule has 2 aromatic rings. The Bertz CT molecular complexity index is 806. The van der Waals surface area contributed by atoms with Gasteiger partial charge in [-0.1, -0.05) is 30.3 Å². The van der Waals surface area contributed by atoms with Crippen LogP contribution in [0, 0.1) is 5.82 Å². The van der Waals surface area contributed by atoms with Crippen LogP contribution in [0.1, 0.15) is 47.5 Å². The van der Waals surface area contributed by atoms with E-state index in [-0.39, 0.29) is 24.2 Å². The molecule has 2 fully saturated rings. The molecule has 0 unspecified atom stereocenters. The predicted octanol–water partition coefficient (Wildman–Crippen LogP) is 4.27. The first-order chi connectivity index (χ1) is 15.5. The molecular formula is C25H34FN3O2S. The van der Waals surface area contributed by atoms with Gasteiger partial charge in [0.25, 0.3) is 5.91 Å². The molecule has 1 saturated carbocycles. The molecule has 0 aromatic heterocycles. The Morgan fingerprint density at radius 3 is 2.16 bits per heavy atom. The third kappa shape index (κ3) is 9.83. The number of nitrogens with one attached hydrogen (secondary N) is 2. The van der Waals surface area contributed by atoms with Crippen LogP contribution in [0.15, 0.2) is 54.6 Å². The van der Waals surface area contributed by atoms with Crippen LogP contribution in [-0.2, 0) is 4.79 Å². The Balaban J connectivity index is 0.000000203. The summed E-state index contributed by atoms with van der Waals surface area (Å²) in [6, 6.07) is 15.8. The fourth-order valence-electron chi connectivity index (χ4n) is 3.22. The van der Waals surface area contributed by atoms with Gasteiger partial charge in [0.2, 0.25) is 5.91 Å². The Labute approximate surface area is 195 Å². The molecule has 2 aliphatic rings. The molecule has 1 saturated heterocycles. The third-order valence-electron chi connectivity index (χ3n) is 5.10. The number of hydrogen-bond acceptors (Lipinski definition) is 4. The molecule has 1 aliphatic carbocycles. The molecule has 2 N–H and O–H groups in total. The van der Waals surface area contributed by atoms with Crippen LogP contribution in [0.25, 0.3) is 0 Å². The number of rotatable bonds is 6. The Hall–Kier alpha value is -2.38. The summed E-state index contributed by atoms with van der Waals surface area (Å²) in [6.07, 6.45) is 6.77. The van der Waals surface area contributed by atoms with E-state index in [0.29, 0.717) is 5.56 Å². The van der Waals surface area contributed by atoms with Gasteiger partial charge in [-0.3, -0.25) is 9.59 Å². The number of halogens is 1. The minimum Gasteiger partial charge on any atom is -0.343 e. The summed E-state index contributed by atoms with van der Waals surface area (Å²) in [7, 11) is 1.94. The van der Waals surface area contributed by atoms with Crippen molar-refractivity contribution >= 4 is 23.6 Å². The van der Waals surface area contributed by atoms with E-state index < -0.39 is 0 Å². The summed E-state index contributed by atoms with van der Waals surface area (Å²) in [5.41, 5.74) is 1.88. The van der Waals surface area contributed by atoms with E-state index in [1.54, 1.807) is 40.9 Å². The zero-order valence-electron chi connectivity index (χ0n) is 19.0. The molecule has 174 valence electrons. The molecule has 0 atom stereocenters. The largest absolute Gasteiger partial charge is 0.343 e. The number of nitrogens with zero attached hydrogens (tertiary/aromatic N) is 1. The van der Waals surface area contributed by atoms with Gasteiger partial charge in [-0.2, -0.15) is 0 Å². The molecular weight excluding hydrogens is 425 g/mol. The van der Waals surface area contributed by atoms with Crippen molar-refractivity contribution in [2.75, 3.05) is 38.8 Å². The van der Waals surface area contributed by atoms with Crippen LogP contribution in [0.5, 0.6) is 0 Å². The van der Waals surface area contributed by atoms with Crippen LogP contribution in [0.4, 0.5) is 4.39 Å². The van der Waals surface area contributed by atoms with Crippen LogP contribution in [-0.4, -0.2) is 55.5 Å². The van der Waals surface area contributed by atoms with Crippen molar-refractivity contribution < 1.29 is 14.0 Å². The van der Waals surface area contributed by atoms with Crippen LogP contribution >= 0.6 is 11.8 Å². The normalized spacial score (nSPS) is 14.5. The first kappa shape index (κ1) is 25.9. The van der Waals surface area contributed by atoms with Gasteiger partial charge < -0.3 is 15.5 Å². The number of carbonyl (C=O) groups is 2. The second-order valence-corrected chi connectivity index (χ2v) is 8.62. The highest BCUT2D eigenvalue weighted by molar-refractivity contribution is 7.98. The maximum atomic E-state index is 12.4. The zero-order valence-corrected chi connectivity index (χ0v) is 19.8. The third-order valence-corrected chi connectivity index (χ3v) is 5.68. The lowest BCUT2D eigenvalue weighted by atomic mass is 10.1. The molecule has 0 bridgehead atoms. The van der Waals surface area contributed by atoms with Crippen molar-refractivity contribution in [3.8, 4) is 0 Å². The zero-order chi connectivity index (χ0) is 23.2. The molecule has 2 aromatic carbocycles. The van der Waals surface area contributed by atoms with E-state index >= 15 is 0 Å². The molecule has 1 heterocycles. The van der Waals surface area contributed by atoms with Gasteiger partial charge in [-0.05, 0) is 74.7 Å². The smallest absolute Gasteiger partial charge is 0.251 e. The minimum atomic E-state index is -0.196. The van der Waals surface area contributed by atoms with Crippen molar-refractivity contribution in [2.45, 2.75) is 31.6 Å². The number of amides is 2. The predicted molar refractivity (Wildman–Crippen MR) is 130 cm³/mol. The number of likely N-dealkylation sites (tertiary alicyclic amines) is 1. The number of hydrogen-bond donors (Lipinski definition) is 2. The summed E-state index contributed by atoms with van der Waals surface area (Å²) in [5, 5.41) is 5.63. The molecule has 5 nitrogen and oxygen atoms in total. The molecule has 4 rings (SSSR count). The minimum absolute atomic E-state index is 0.00628. The van der Waals surface area contributed by atoms with Crippen molar-refractivity contribution in [3.05, 3.63) is 71.5 Å². The Morgan fingerprint density at radius 1 is 1.03 bits per heavy atom. The summed E-state index contributed by atoms with van der Waals surface area (Å²) in [6.45, 7) is 1.73. The van der Waals surface area contributed by atoms with Crippen molar-refractivity contribution in [1.82, 2.24) is 15.5 Å². The fraction of sp³-hybridized carbons (Fsp3) is 0.440. The Morgan fingerprint density at radius 2 is 1.66 bits per heavy atom. The SMILES string of the molecule is CNCSC.Fc1ccc(C2CC2)cc1.O=C(NCC(=O)N1CCCC1)c1ccccc1. The van der Waals surface area contributed by atoms with E-state index in [9.17, 15) is 14.0 Å². The van der Waals surface area contributed by atoms with E-state index in [1.807, 2.05) is 25.2 Å². The van der Waals surface area contributed by atoms with Gasteiger partial charge in [-0.25, -0.2) is 4.39 Å². The topological polar surface area (TPSA) is 61.4 Å². The van der Waals surface area contributed by atoms with Gasteiger partial charge >= 0.3 is 0 Å². The summed E-state index contributed by atoms with van der Waals surface area (Å²) >= 11 is 1.79. The molecule has 0 radical (unpaired) electrons. The average molecular weight is 460 g/mol. The van der Waals surface area contributed by atoms with Gasteiger partial charge in [-0.15, -0.1) is 11.8 Å². The number of benzene rings is 2. The maximum absolute atomic E-state index is 12.4. The lowest BCUT2D eigenvalue weighted by molar-refractivity contribution is -0.129. The molecule has 32 heavy (non-hydrogen) atoms. The quantitative estimate of drug-likeness (QED) is 0.634. The summed E-state index contributed by atoms with van der Waals surface area (Å²) in [4.78, 5) is 25.2. The Kier molecular flexibility index (Phi) is 11.8. The number of carbonyl (C=O) groups excluding carboxylic acids is 2. The van der Waals surface area contributed by atoms with E-state index in [2.05, 4.69) is 16.9 Å². The van der Waals surface area contributed by atoms with Crippen LogP contribution in [0.3, 0.4) is 0 Å². The van der Waals surface area contributed by atoms with Gasteiger partial charge in [0, 0.05) is 24.5 Å². The van der Waals surface area contributed by atoms with E-state index in [4.69, 9.17) is 0 Å². The summed E-state index contributed by atoms with van der Waals surface area (Å²) in [5.74, 6) is 1.47. The lowest BCUT2D eigenvalue weighted by Crippen LogP contribution is -2.38. The molecule has 0 spiro atoms. The monoisotopic (exact) mass is 459 g/mol. The van der Waals surface area contributed by atoms with E-state index in [1.165, 1.54) is 30.5 Å². The summed E-state index contributed by atoms with van der Waals surface area (Å²) < 4.78 is 12.4. The van der Waals surface area contributed by atoms with E-state index in [0.717, 1.165) is 37.7 Å². The van der Waals surface area contributed by atoms with Crippen LogP contribution < -0.4 is 10.6 Å². The maximum Gasteiger partial charge on any atom is 0.251 e. The highest BCUT2D eigenvalue weighted by atomic mass is 32.2. The lowest BCUT2D eigenvalue weighted by Gasteiger charge is -2.15. The first-order valence-corrected chi connectivity index (χ1v) is 12.4. The highest BCUT2D eigenvalue weighted by Crippen LogP contribution is 2.39. The fourth-order valence-corrected chi connectivity index (χ4v) is 3.51. The van der Waals surface area contributed by atoms with Crippen molar-refractivity contribution in [3.63, 3.8) is 0 Å².